The maximum absolute atomic E-state index is 4.30. The smallest absolute Gasteiger partial charge is 0.0937 e. The maximum atomic E-state index is 4.30. The topological polar surface area (TPSA) is 24.9 Å². The van der Waals surface area contributed by atoms with Crippen molar-refractivity contribution in [3.05, 3.63) is 16.6 Å². The minimum absolute atomic E-state index is 0.502. The number of thioether (sulfide) groups is 1. The normalized spacial score (nSPS) is 24.5. The van der Waals surface area contributed by atoms with Gasteiger partial charge in [0.05, 0.1) is 5.01 Å². The van der Waals surface area contributed by atoms with Gasteiger partial charge in [0.25, 0.3) is 0 Å². The average molecular weight is 256 g/mol. The van der Waals surface area contributed by atoms with Crippen LogP contribution in [-0.4, -0.2) is 29.1 Å². The van der Waals surface area contributed by atoms with Crippen LogP contribution in [-0.2, 0) is 6.42 Å². The molecule has 1 saturated heterocycles. The molecule has 1 aromatic rings. The van der Waals surface area contributed by atoms with Crippen LogP contribution < -0.4 is 5.32 Å². The number of hydrogen-bond acceptors (Lipinski definition) is 4. The molecule has 2 rings (SSSR count). The molecule has 0 aliphatic carbocycles. The highest BCUT2D eigenvalue weighted by atomic mass is 32.2. The fourth-order valence-corrected chi connectivity index (χ4v) is 4.08. The summed E-state index contributed by atoms with van der Waals surface area (Å²) in [7, 11) is 0. The van der Waals surface area contributed by atoms with E-state index in [1.807, 2.05) is 6.20 Å². The van der Waals surface area contributed by atoms with Crippen LogP contribution in [0, 0.1) is 5.41 Å². The quantitative estimate of drug-likeness (QED) is 0.896. The lowest BCUT2D eigenvalue weighted by Crippen LogP contribution is -2.41. The van der Waals surface area contributed by atoms with E-state index < -0.39 is 0 Å². The summed E-state index contributed by atoms with van der Waals surface area (Å²) >= 11 is 3.84. The molecule has 1 unspecified atom stereocenters. The zero-order valence-corrected chi connectivity index (χ0v) is 11.7. The highest BCUT2D eigenvalue weighted by molar-refractivity contribution is 7.99. The molecule has 0 bridgehead atoms. The molecule has 2 nitrogen and oxygen atoms in total. The monoisotopic (exact) mass is 256 g/mol. The van der Waals surface area contributed by atoms with E-state index in [-0.39, 0.29) is 0 Å². The summed E-state index contributed by atoms with van der Waals surface area (Å²) in [6, 6.07) is 0.689. The van der Waals surface area contributed by atoms with E-state index in [9.17, 15) is 0 Å². The molecule has 1 N–H and O–H groups in total. The van der Waals surface area contributed by atoms with Crippen molar-refractivity contribution in [1.82, 2.24) is 10.3 Å². The Bertz CT molecular complexity index is 309. The van der Waals surface area contributed by atoms with Gasteiger partial charge < -0.3 is 5.32 Å². The summed E-state index contributed by atoms with van der Waals surface area (Å²) in [6.45, 7) is 5.80. The first kappa shape index (κ1) is 12.4. The van der Waals surface area contributed by atoms with E-state index in [1.54, 1.807) is 11.3 Å². The zero-order chi connectivity index (χ0) is 11.4. The van der Waals surface area contributed by atoms with Crippen molar-refractivity contribution in [2.75, 3.05) is 18.1 Å². The molecule has 0 aromatic carbocycles. The number of nitrogens with zero attached hydrogens (tertiary/aromatic N) is 1. The van der Waals surface area contributed by atoms with E-state index in [2.05, 4.69) is 41.3 Å². The lowest BCUT2D eigenvalue weighted by Gasteiger charge is -2.35. The predicted molar refractivity (Wildman–Crippen MR) is 73.3 cm³/mol. The number of thiazole rings is 1. The average Bonchev–Trinajstić information content (AvgIpc) is 2.69. The third-order valence-electron chi connectivity index (χ3n) is 2.87. The standard InChI is InChI=1S/C12H20N2S2/c1-12(2)7-10(8-15-9-12)13-4-3-11-14-5-6-16-11/h5-6,10,13H,3-4,7-9H2,1-2H3. The van der Waals surface area contributed by atoms with Gasteiger partial charge in [0.1, 0.15) is 0 Å². The summed E-state index contributed by atoms with van der Waals surface area (Å²) in [5.41, 5.74) is 0.502. The Morgan fingerprint density at radius 1 is 1.56 bits per heavy atom. The summed E-state index contributed by atoms with van der Waals surface area (Å²) < 4.78 is 0. The first-order valence-electron chi connectivity index (χ1n) is 5.85. The highest BCUT2D eigenvalue weighted by Crippen LogP contribution is 2.33. The van der Waals surface area contributed by atoms with Gasteiger partial charge in [0.15, 0.2) is 0 Å². The first-order chi connectivity index (χ1) is 7.66. The van der Waals surface area contributed by atoms with E-state index in [0.717, 1.165) is 13.0 Å². The van der Waals surface area contributed by atoms with Crippen LogP contribution in [0.2, 0.25) is 0 Å². The highest BCUT2D eigenvalue weighted by Gasteiger charge is 2.27. The van der Waals surface area contributed by atoms with Crippen LogP contribution in [0.15, 0.2) is 11.6 Å². The van der Waals surface area contributed by atoms with Crippen LogP contribution in [0.3, 0.4) is 0 Å². The molecule has 1 atom stereocenters. The molecule has 0 saturated carbocycles. The Hall–Kier alpha value is -0.0600. The van der Waals surface area contributed by atoms with E-state index >= 15 is 0 Å². The molecule has 4 heteroatoms. The summed E-state index contributed by atoms with van der Waals surface area (Å²) in [6.07, 6.45) is 4.26. The summed E-state index contributed by atoms with van der Waals surface area (Å²) in [5.74, 6) is 2.57. The van der Waals surface area contributed by atoms with E-state index in [1.165, 1.54) is 22.9 Å². The third kappa shape index (κ3) is 3.75. The third-order valence-corrected chi connectivity index (χ3v) is 5.33. The van der Waals surface area contributed by atoms with Gasteiger partial charge in [-0.2, -0.15) is 11.8 Å². The lowest BCUT2D eigenvalue weighted by molar-refractivity contribution is 0.319. The second-order valence-corrected chi connectivity index (χ2v) is 7.22. The number of nitrogens with one attached hydrogen (secondary N) is 1. The van der Waals surface area contributed by atoms with Gasteiger partial charge in [-0.3, -0.25) is 0 Å². The number of aromatic nitrogens is 1. The minimum Gasteiger partial charge on any atom is -0.313 e. The maximum Gasteiger partial charge on any atom is 0.0937 e. The van der Waals surface area contributed by atoms with Crippen molar-refractivity contribution in [3.63, 3.8) is 0 Å². The van der Waals surface area contributed by atoms with Gasteiger partial charge in [0, 0.05) is 36.3 Å². The van der Waals surface area contributed by atoms with Gasteiger partial charge in [-0.25, -0.2) is 4.98 Å². The van der Waals surface area contributed by atoms with Crippen molar-refractivity contribution in [2.45, 2.75) is 32.7 Å². The van der Waals surface area contributed by atoms with Gasteiger partial charge in [-0.15, -0.1) is 11.3 Å². The lowest BCUT2D eigenvalue weighted by atomic mass is 9.88. The van der Waals surface area contributed by atoms with Crippen LogP contribution in [0.4, 0.5) is 0 Å². The molecule has 1 aliphatic heterocycles. The van der Waals surface area contributed by atoms with Crippen molar-refractivity contribution in [1.29, 1.82) is 0 Å². The molecule has 2 heterocycles. The predicted octanol–water partition coefficient (Wildman–Crippen LogP) is 2.81. The Kier molecular flexibility index (Phi) is 4.27. The molecular formula is C12H20N2S2. The molecular weight excluding hydrogens is 236 g/mol. The van der Waals surface area contributed by atoms with Gasteiger partial charge in [-0.05, 0) is 17.6 Å². The SMILES string of the molecule is CC1(C)CSCC(NCCc2nccs2)C1. The van der Waals surface area contributed by atoms with Crippen LogP contribution >= 0.6 is 23.1 Å². The molecule has 0 amide bonds. The van der Waals surface area contributed by atoms with E-state index in [4.69, 9.17) is 0 Å². The molecule has 90 valence electrons. The summed E-state index contributed by atoms with van der Waals surface area (Å²) in [4.78, 5) is 4.30. The fraction of sp³-hybridized carbons (Fsp3) is 0.750. The zero-order valence-electron chi connectivity index (χ0n) is 10.0. The van der Waals surface area contributed by atoms with Gasteiger partial charge in [-0.1, -0.05) is 13.8 Å². The Balaban J connectivity index is 1.70. The van der Waals surface area contributed by atoms with Crippen LogP contribution in [0.1, 0.15) is 25.3 Å². The fourth-order valence-electron chi connectivity index (χ4n) is 2.15. The molecule has 1 aromatic heterocycles. The van der Waals surface area contributed by atoms with Gasteiger partial charge in [0.2, 0.25) is 0 Å². The largest absolute Gasteiger partial charge is 0.313 e. The van der Waals surface area contributed by atoms with Gasteiger partial charge >= 0.3 is 0 Å². The van der Waals surface area contributed by atoms with Crippen LogP contribution in [0.25, 0.3) is 0 Å². The molecule has 0 radical (unpaired) electrons. The number of rotatable bonds is 4. The van der Waals surface area contributed by atoms with Crippen molar-refractivity contribution in [3.8, 4) is 0 Å². The summed E-state index contributed by atoms with van der Waals surface area (Å²) in [5, 5.41) is 6.96. The Morgan fingerprint density at radius 3 is 3.12 bits per heavy atom. The molecule has 0 spiro atoms. The first-order valence-corrected chi connectivity index (χ1v) is 7.89. The number of hydrogen-bond donors (Lipinski definition) is 1. The Labute approximate surface area is 106 Å². The second-order valence-electron chi connectivity index (χ2n) is 5.21. The minimum atomic E-state index is 0.502. The van der Waals surface area contributed by atoms with Crippen molar-refractivity contribution in [2.24, 2.45) is 5.41 Å². The van der Waals surface area contributed by atoms with Crippen molar-refractivity contribution < 1.29 is 0 Å². The van der Waals surface area contributed by atoms with Crippen molar-refractivity contribution >= 4 is 23.1 Å². The van der Waals surface area contributed by atoms with Crippen LogP contribution in [0.5, 0.6) is 0 Å². The molecule has 1 fully saturated rings. The molecule has 16 heavy (non-hydrogen) atoms. The molecule has 1 aliphatic rings. The van der Waals surface area contributed by atoms with E-state index in [0.29, 0.717) is 11.5 Å². The Morgan fingerprint density at radius 2 is 2.44 bits per heavy atom. The second kappa shape index (κ2) is 5.52.